The van der Waals surface area contributed by atoms with Crippen molar-refractivity contribution >= 4 is 35.2 Å². The highest BCUT2D eigenvalue weighted by Gasteiger charge is 2.38. The maximum Gasteiger partial charge on any atom is 0.408 e. The summed E-state index contributed by atoms with van der Waals surface area (Å²) in [6.07, 6.45) is -0.131. The molecule has 0 bridgehead atoms. The number of benzene rings is 2. The number of phenolic OH excluding ortho intramolecular Hbond substituents is 1. The van der Waals surface area contributed by atoms with E-state index in [0.717, 1.165) is 5.56 Å². The highest BCUT2D eigenvalue weighted by molar-refractivity contribution is 6.34. The first-order valence-electron chi connectivity index (χ1n) is 12.9. The number of rotatable bonds is 9. The third-order valence-electron chi connectivity index (χ3n) is 6.37. The van der Waals surface area contributed by atoms with E-state index in [4.69, 9.17) is 16.3 Å². The minimum absolute atomic E-state index is 0.0880. The summed E-state index contributed by atoms with van der Waals surface area (Å²) in [6, 6.07) is 8.14. The van der Waals surface area contributed by atoms with Crippen LogP contribution in [0.25, 0.3) is 0 Å². The Balaban J connectivity index is 2.58. The number of halogens is 1. The third kappa shape index (κ3) is 7.63. The average Bonchev–Trinajstić information content (AvgIpc) is 2.83. The van der Waals surface area contributed by atoms with E-state index in [1.165, 1.54) is 4.90 Å². The second-order valence-electron chi connectivity index (χ2n) is 10.5. The highest BCUT2D eigenvalue weighted by atomic mass is 35.5. The van der Waals surface area contributed by atoms with Gasteiger partial charge >= 0.3 is 6.09 Å². The van der Waals surface area contributed by atoms with Crippen molar-refractivity contribution in [2.45, 2.75) is 79.5 Å². The fourth-order valence-corrected chi connectivity index (χ4v) is 4.37. The number of nitrogens with one attached hydrogen (secondary N) is 2. The van der Waals surface area contributed by atoms with Crippen molar-refractivity contribution in [1.29, 1.82) is 0 Å². The average molecular weight is 546 g/mol. The molecule has 0 spiro atoms. The van der Waals surface area contributed by atoms with E-state index in [1.807, 2.05) is 26.8 Å². The van der Waals surface area contributed by atoms with E-state index in [9.17, 15) is 19.5 Å². The molecular formula is C29H40ClN3O5. The van der Waals surface area contributed by atoms with Gasteiger partial charge < -0.3 is 25.4 Å². The molecule has 0 heterocycles. The van der Waals surface area contributed by atoms with Crippen molar-refractivity contribution in [1.82, 2.24) is 10.2 Å². The minimum atomic E-state index is -1.20. The summed E-state index contributed by atoms with van der Waals surface area (Å²) >= 11 is 6.37. The Hall–Kier alpha value is -3.26. The minimum Gasteiger partial charge on any atom is -0.507 e. The molecule has 2 aromatic rings. The largest absolute Gasteiger partial charge is 0.507 e. The van der Waals surface area contributed by atoms with Crippen molar-refractivity contribution < 1.29 is 24.2 Å². The molecule has 9 heteroatoms. The summed E-state index contributed by atoms with van der Waals surface area (Å²) in [5.74, 6) is -1.36. The number of hydrogen-bond acceptors (Lipinski definition) is 5. The number of nitrogens with zero attached hydrogens (tertiary/aromatic N) is 1. The molecule has 38 heavy (non-hydrogen) atoms. The van der Waals surface area contributed by atoms with E-state index in [-0.39, 0.29) is 23.8 Å². The van der Waals surface area contributed by atoms with Crippen LogP contribution in [0.2, 0.25) is 5.02 Å². The van der Waals surface area contributed by atoms with Crippen LogP contribution < -0.4 is 10.6 Å². The van der Waals surface area contributed by atoms with Gasteiger partial charge in [-0.15, -0.1) is 0 Å². The first kappa shape index (κ1) is 31.0. The lowest BCUT2D eigenvalue weighted by atomic mass is 9.95. The van der Waals surface area contributed by atoms with Crippen LogP contribution in [-0.4, -0.2) is 46.1 Å². The normalized spacial score (nSPS) is 13.7. The first-order chi connectivity index (χ1) is 17.7. The SMILES string of the molecule is CCC(C)C(NC(=O)OC(C)(C)C)C(=O)N(CC)C(C(=O)Nc1c(C)cccc1Cl)c1cccc(C)c1O. The van der Waals surface area contributed by atoms with Crippen LogP contribution >= 0.6 is 11.6 Å². The Morgan fingerprint density at radius 1 is 1.05 bits per heavy atom. The molecule has 2 aromatic carbocycles. The summed E-state index contributed by atoms with van der Waals surface area (Å²) in [5, 5.41) is 16.9. The Labute approximate surface area is 230 Å². The maximum absolute atomic E-state index is 14.0. The molecule has 8 nitrogen and oxygen atoms in total. The smallest absolute Gasteiger partial charge is 0.408 e. The summed E-state index contributed by atoms with van der Waals surface area (Å²) in [7, 11) is 0. The molecule has 0 aromatic heterocycles. The molecule has 2 rings (SSSR count). The number of aryl methyl sites for hydroxylation is 2. The zero-order valence-electron chi connectivity index (χ0n) is 23.5. The van der Waals surface area contributed by atoms with Gasteiger partial charge in [-0.3, -0.25) is 9.59 Å². The summed E-state index contributed by atoms with van der Waals surface area (Å²) < 4.78 is 5.40. The molecular weight excluding hydrogens is 506 g/mol. The summed E-state index contributed by atoms with van der Waals surface area (Å²) in [6.45, 7) is 14.4. The van der Waals surface area contributed by atoms with Crippen LogP contribution in [-0.2, 0) is 14.3 Å². The van der Waals surface area contributed by atoms with Crippen LogP contribution in [0.1, 0.15) is 70.7 Å². The molecule has 3 atom stereocenters. The molecule has 0 saturated heterocycles. The van der Waals surface area contributed by atoms with E-state index in [2.05, 4.69) is 10.6 Å². The fraction of sp³-hybridized carbons (Fsp3) is 0.483. The molecule has 208 valence electrons. The number of aromatic hydroxyl groups is 1. The number of likely N-dealkylation sites (N-methyl/N-ethyl adjacent to an activating group) is 1. The van der Waals surface area contributed by atoms with Gasteiger partial charge in [0.15, 0.2) is 0 Å². The monoisotopic (exact) mass is 545 g/mol. The van der Waals surface area contributed by atoms with Gasteiger partial charge in [0.05, 0.1) is 10.7 Å². The number of ether oxygens (including phenoxy) is 1. The molecule has 0 aliphatic heterocycles. The number of anilines is 1. The van der Waals surface area contributed by atoms with Gasteiger partial charge in [0.2, 0.25) is 5.91 Å². The molecule has 0 radical (unpaired) electrons. The molecule has 3 N–H and O–H groups in total. The summed E-state index contributed by atoms with van der Waals surface area (Å²) in [5.41, 5.74) is 1.24. The van der Waals surface area contributed by atoms with Gasteiger partial charge in [0, 0.05) is 12.1 Å². The number of amides is 3. The predicted molar refractivity (Wildman–Crippen MR) is 150 cm³/mol. The third-order valence-corrected chi connectivity index (χ3v) is 6.68. The Morgan fingerprint density at radius 3 is 2.21 bits per heavy atom. The number of alkyl carbamates (subject to hydrolysis) is 1. The Bertz CT molecular complexity index is 1140. The van der Waals surface area contributed by atoms with Gasteiger partial charge in [-0.05, 0) is 64.7 Å². The van der Waals surface area contributed by atoms with Gasteiger partial charge in [-0.1, -0.05) is 62.2 Å². The highest BCUT2D eigenvalue weighted by Crippen LogP contribution is 2.34. The first-order valence-corrected chi connectivity index (χ1v) is 13.2. The topological polar surface area (TPSA) is 108 Å². The van der Waals surface area contributed by atoms with E-state index in [1.54, 1.807) is 65.0 Å². The molecule has 0 fully saturated rings. The zero-order chi connectivity index (χ0) is 28.8. The van der Waals surface area contributed by atoms with Crippen molar-refractivity contribution in [2.75, 3.05) is 11.9 Å². The number of phenols is 1. The fourth-order valence-electron chi connectivity index (χ4n) is 4.10. The Morgan fingerprint density at radius 2 is 1.66 bits per heavy atom. The summed E-state index contributed by atoms with van der Waals surface area (Å²) in [4.78, 5) is 41.9. The molecule has 3 unspecified atom stereocenters. The standard InChI is InChI=1S/C29H40ClN3O5/c1-9-17(3)23(32-28(37)38-29(6,7)8)27(36)33(10-2)24(20-15-11-14-19(5)25(20)34)26(35)31-22-18(4)13-12-16-21(22)30/h11-17,23-24,34H,9-10H2,1-8H3,(H,31,35)(H,32,37). The second-order valence-corrected chi connectivity index (χ2v) is 10.9. The number of hydrogen-bond donors (Lipinski definition) is 3. The second kappa shape index (κ2) is 13.0. The molecule has 0 aliphatic carbocycles. The van der Waals surface area contributed by atoms with E-state index in [0.29, 0.717) is 22.7 Å². The van der Waals surface area contributed by atoms with Crippen LogP contribution in [0, 0.1) is 19.8 Å². The van der Waals surface area contributed by atoms with Gasteiger partial charge in [-0.25, -0.2) is 4.79 Å². The number of para-hydroxylation sites is 2. The Kier molecular flexibility index (Phi) is 10.6. The quantitative estimate of drug-likeness (QED) is 0.351. The van der Waals surface area contributed by atoms with Crippen molar-refractivity contribution in [3.8, 4) is 5.75 Å². The maximum atomic E-state index is 14.0. The number of carbonyl (C=O) groups excluding carboxylic acids is 3. The van der Waals surface area contributed by atoms with Crippen molar-refractivity contribution in [2.24, 2.45) is 5.92 Å². The number of carbonyl (C=O) groups is 3. The van der Waals surface area contributed by atoms with Crippen LogP contribution in [0.15, 0.2) is 36.4 Å². The lowest BCUT2D eigenvalue weighted by Gasteiger charge is -2.35. The van der Waals surface area contributed by atoms with Crippen molar-refractivity contribution in [3.63, 3.8) is 0 Å². The van der Waals surface area contributed by atoms with Gasteiger partial charge in [-0.2, -0.15) is 0 Å². The van der Waals surface area contributed by atoms with E-state index >= 15 is 0 Å². The van der Waals surface area contributed by atoms with E-state index < -0.39 is 35.6 Å². The molecule has 0 saturated carbocycles. The van der Waals surface area contributed by atoms with Crippen LogP contribution in [0.3, 0.4) is 0 Å². The van der Waals surface area contributed by atoms with Crippen molar-refractivity contribution in [3.05, 3.63) is 58.1 Å². The van der Waals surface area contributed by atoms with Crippen LogP contribution in [0.5, 0.6) is 5.75 Å². The van der Waals surface area contributed by atoms with Crippen LogP contribution in [0.4, 0.5) is 10.5 Å². The lowest BCUT2D eigenvalue weighted by molar-refractivity contribution is -0.141. The molecule has 0 aliphatic rings. The van der Waals surface area contributed by atoms with Gasteiger partial charge in [0.25, 0.3) is 5.91 Å². The lowest BCUT2D eigenvalue weighted by Crippen LogP contribution is -2.54. The zero-order valence-corrected chi connectivity index (χ0v) is 24.3. The predicted octanol–water partition coefficient (Wildman–Crippen LogP) is 6.13. The van der Waals surface area contributed by atoms with Gasteiger partial charge in [0.1, 0.15) is 23.4 Å². The molecule has 3 amide bonds.